The molecule has 1 aromatic carbocycles. The average molecular weight is 385 g/mol. The molecule has 8 nitrogen and oxygen atoms in total. The summed E-state index contributed by atoms with van der Waals surface area (Å²) in [7, 11) is 3.15. The Morgan fingerprint density at radius 1 is 1.00 bits per heavy atom. The molecule has 0 aliphatic heterocycles. The quantitative estimate of drug-likeness (QED) is 0.629. The third-order valence-corrected chi connectivity index (χ3v) is 4.53. The lowest BCUT2D eigenvalue weighted by Gasteiger charge is -2.08. The van der Waals surface area contributed by atoms with Crippen LogP contribution in [-0.2, 0) is 0 Å². The fraction of sp³-hybridized carbons (Fsp3) is 0.222. The maximum Gasteiger partial charge on any atom is 0.289 e. The van der Waals surface area contributed by atoms with E-state index >= 15 is 0 Å². The van der Waals surface area contributed by atoms with E-state index in [1.807, 2.05) is 32.0 Å². The lowest BCUT2D eigenvalue weighted by molar-refractivity contribution is 0.0958. The molecule has 2 heterocycles. The van der Waals surface area contributed by atoms with Gasteiger partial charge in [0.25, 0.3) is 5.91 Å². The molecule has 1 amide bonds. The number of hydrazine groups is 1. The zero-order valence-corrected chi connectivity index (χ0v) is 16.2. The second-order valence-electron chi connectivity index (χ2n) is 5.66. The number of hydrogen-bond donors (Lipinski definition) is 2. The maximum atomic E-state index is 12.3. The lowest BCUT2D eigenvalue weighted by Crippen LogP contribution is -2.30. The summed E-state index contributed by atoms with van der Waals surface area (Å²) in [5, 5.41) is 2.38. The van der Waals surface area contributed by atoms with Gasteiger partial charge in [-0.2, -0.15) is 0 Å². The lowest BCUT2D eigenvalue weighted by atomic mass is 10.2. The van der Waals surface area contributed by atoms with Crippen LogP contribution in [0.2, 0.25) is 0 Å². The van der Waals surface area contributed by atoms with Crippen LogP contribution in [0.1, 0.15) is 21.9 Å². The first kappa shape index (κ1) is 18.6. The van der Waals surface area contributed by atoms with Crippen molar-refractivity contribution in [2.24, 2.45) is 0 Å². The zero-order chi connectivity index (χ0) is 19.4. The summed E-state index contributed by atoms with van der Waals surface area (Å²) in [5.74, 6) is 1.19. The topological polar surface area (TPSA) is 98.3 Å². The third kappa shape index (κ3) is 4.32. The Bertz CT molecular complexity index is 953. The number of rotatable bonds is 6. The second-order valence-corrected chi connectivity index (χ2v) is 6.52. The number of anilines is 1. The van der Waals surface area contributed by atoms with Crippen LogP contribution in [0.25, 0.3) is 10.6 Å². The third-order valence-electron chi connectivity index (χ3n) is 3.64. The molecule has 0 radical (unpaired) electrons. The molecular formula is C18H19N5O3S. The van der Waals surface area contributed by atoms with Gasteiger partial charge in [-0.3, -0.25) is 15.6 Å². The number of aryl methyl sites for hydroxylation is 2. The maximum absolute atomic E-state index is 12.3. The van der Waals surface area contributed by atoms with Crippen molar-refractivity contribution in [2.45, 2.75) is 13.8 Å². The van der Waals surface area contributed by atoms with Gasteiger partial charge in [-0.25, -0.2) is 15.0 Å². The minimum atomic E-state index is -0.374. The predicted octanol–water partition coefficient (Wildman–Crippen LogP) is 2.99. The van der Waals surface area contributed by atoms with Crippen LogP contribution in [-0.4, -0.2) is 35.1 Å². The first-order valence-corrected chi connectivity index (χ1v) is 8.94. The molecule has 3 aromatic rings. The van der Waals surface area contributed by atoms with Gasteiger partial charge in [-0.1, -0.05) is 0 Å². The Balaban J connectivity index is 1.72. The molecule has 2 aromatic heterocycles. The number of nitrogens with one attached hydrogen (secondary N) is 2. The molecule has 27 heavy (non-hydrogen) atoms. The Kier molecular flexibility index (Phi) is 5.51. The van der Waals surface area contributed by atoms with Gasteiger partial charge in [0.2, 0.25) is 5.95 Å². The van der Waals surface area contributed by atoms with E-state index < -0.39 is 0 Å². The highest BCUT2D eigenvalue weighted by atomic mass is 32.1. The van der Waals surface area contributed by atoms with Crippen molar-refractivity contribution in [3.63, 3.8) is 0 Å². The van der Waals surface area contributed by atoms with Gasteiger partial charge in [0.1, 0.15) is 10.7 Å². The van der Waals surface area contributed by atoms with Crippen LogP contribution in [0.4, 0.5) is 5.95 Å². The molecule has 9 heteroatoms. The minimum Gasteiger partial charge on any atom is -0.493 e. The summed E-state index contributed by atoms with van der Waals surface area (Å²) in [6.07, 6.45) is 0. The molecule has 0 spiro atoms. The summed E-state index contributed by atoms with van der Waals surface area (Å²) < 4.78 is 10.5. The molecule has 3 rings (SSSR count). The zero-order valence-electron chi connectivity index (χ0n) is 15.4. The van der Waals surface area contributed by atoms with Crippen LogP contribution < -0.4 is 20.3 Å². The summed E-state index contributed by atoms with van der Waals surface area (Å²) in [5.41, 5.74) is 8.02. The van der Waals surface area contributed by atoms with Crippen LogP contribution in [0.15, 0.2) is 29.6 Å². The summed E-state index contributed by atoms with van der Waals surface area (Å²) in [6.45, 7) is 3.72. The van der Waals surface area contributed by atoms with E-state index in [9.17, 15) is 4.79 Å². The number of methoxy groups -OCH3 is 2. The van der Waals surface area contributed by atoms with Crippen molar-refractivity contribution in [1.29, 1.82) is 0 Å². The monoisotopic (exact) mass is 385 g/mol. The molecule has 0 unspecified atom stereocenters. The van der Waals surface area contributed by atoms with Crippen molar-refractivity contribution in [3.05, 3.63) is 46.7 Å². The Morgan fingerprint density at radius 2 is 1.70 bits per heavy atom. The van der Waals surface area contributed by atoms with Gasteiger partial charge in [-0.15, -0.1) is 11.3 Å². The van der Waals surface area contributed by atoms with Crippen molar-refractivity contribution in [1.82, 2.24) is 20.4 Å². The SMILES string of the molecule is COc1ccc(-c2nc(C(=O)NNc3nc(C)cc(C)n3)cs2)cc1OC. The summed E-state index contributed by atoms with van der Waals surface area (Å²) in [6, 6.07) is 7.33. The normalized spacial score (nSPS) is 10.4. The molecule has 0 fully saturated rings. The molecule has 2 N–H and O–H groups in total. The van der Waals surface area contributed by atoms with Crippen LogP contribution in [0, 0.1) is 13.8 Å². The number of aromatic nitrogens is 3. The van der Waals surface area contributed by atoms with E-state index in [1.165, 1.54) is 11.3 Å². The number of hydrogen-bond acceptors (Lipinski definition) is 8. The van der Waals surface area contributed by atoms with Gasteiger partial charge in [0, 0.05) is 22.3 Å². The fourth-order valence-corrected chi connectivity index (χ4v) is 3.24. The van der Waals surface area contributed by atoms with Crippen molar-refractivity contribution < 1.29 is 14.3 Å². The Labute approximate surface area is 160 Å². The van der Waals surface area contributed by atoms with Crippen LogP contribution in [0.3, 0.4) is 0 Å². The number of ether oxygens (including phenoxy) is 2. The van der Waals surface area contributed by atoms with Crippen molar-refractivity contribution in [2.75, 3.05) is 19.6 Å². The van der Waals surface area contributed by atoms with Gasteiger partial charge < -0.3 is 9.47 Å². The second kappa shape index (κ2) is 8.00. The summed E-state index contributed by atoms with van der Waals surface area (Å²) >= 11 is 1.36. The standard InChI is InChI=1S/C18H19N5O3S/c1-10-7-11(2)20-18(19-10)23-22-16(24)13-9-27-17(21-13)12-5-6-14(25-3)15(8-12)26-4/h5-9H,1-4H3,(H,22,24)(H,19,20,23). The number of carbonyl (C=O) groups is 1. The van der Waals surface area contributed by atoms with E-state index in [-0.39, 0.29) is 5.91 Å². The highest BCUT2D eigenvalue weighted by molar-refractivity contribution is 7.13. The van der Waals surface area contributed by atoms with Crippen LogP contribution in [0.5, 0.6) is 11.5 Å². The molecule has 0 aliphatic carbocycles. The predicted molar refractivity (Wildman–Crippen MR) is 103 cm³/mol. The number of carbonyl (C=O) groups excluding carboxylic acids is 1. The van der Waals surface area contributed by atoms with E-state index in [0.717, 1.165) is 17.0 Å². The smallest absolute Gasteiger partial charge is 0.289 e. The van der Waals surface area contributed by atoms with Crippen molar-refractivity contribution >= 4 is 23.2 Å². The largest absolute Gasteiger partial charge is 0.493 e. The molecule has 140 valence electrons. The van der Waals surface area contributed by atoms with E-state index in [2.05, 4.69) is 25.8 Å². The first-order chi connectivity index (χ1) is 13.0. The van der Waals surface area contributed by atoms with E-state index in [4.69, 9.17) is 9.47 Å². The number of thiazole rings is 1. The molecular weight excluding hydrogens is 366 g/mol. The fourth-order valence-electron chi connectivity index (χ4n) is 2.44. The minimum absolute atomic E-state index is 0.293. The highest BCUT2D eigenvalue weighted by Crippen LogP contribution is 2.33. The Morgan fingerprint density at radius 3 is 2.37 bits per heavy atom. The summed E-state index contributed by atoms with van der Waals surface area (Å²) in [4.78, 5) is 25.1. The molecule has 0 bridgehead atoms. The molecule has 0 aliphatic rings. The molecule has 0 saturated heterocycles. The van der Waals surface area contributed by atoms with Gasteiger partial charge >= 0.3 is 0 Å². The number of benzene rings is 1. The first-order valence-electron chi connectivity index (χ1n) is 8.06. The average Bonchev–Trinajstić information content (AvgIpc) is 3.15. The van der Waals surface area contributed by atoms with Crippen LogP contribution >= 0.6 is 11.3 Å². The van der Waals surface area contributed by atoms with Crippen molar-refractivity contribution in [3.8, 4) is 22.1 Å². The highest BCUT2D eigenvalue weighted by Gasteiger charge is 2.14. The van der Waals surface area contributed by atoms with Gasteiger partial charge in [0.15, 0.2) is 11.5 Å². The molecule has 0 saturated carbocycles. The van der Waals surface area contributed by atoms with Gasteiger partial charge in [0.05, 0.1) is 14.2 Å². The van der Waals surface area contributed by atoms with Gasteiger partial charge in [-0.05, 0) is 38.1 Å². The molecule has 0 atom stereocenters. The van der Waals surface area contributed by atoms with E-state index in [1.54, 1.807) is 25.7 Å². The van der Waals surface area contributed by atoms with E-state index in [0.29, 0.717) is 28.1 Å². The number of amides is 1. The number of nitrogens with zero attached hydrogens (tertiary/aromatic N) is 3. The Hall–Kier alpha value is -3.20.